The average molecular weight is 346 g/mol. The van der Waals surface area contributed by atoms with Crippen LogP contribution in [0.5, 0.6) is 0 Å². The number of esters is 2. The molecule has 0 bridgehead atoms. The van der Waals surface area contributed by atoms with Crippen LogP contribution in [-0.4, -0.2) is 47.6 Å². The Morgan fingerprint density at radius 3 is 1.38 bits per heavy atom. The third-order valence-corrected chi connectivity index (χ3v) is 3.83. The minimum Gasteiger partial charge on any atom is -0.463 e. The third kappa shape index (κ3) is 14.5. The van der Waals surface area contributed by atoms with E-state index in [4.69, 9.17) is 9.47 Å². The molecule has 0 aliphatic carbocycles. The topological polar surface area (TPSA) is 93.1 Å². The number of hydrogen-bond acceptors (Lipinski definition) is 6. The average Bonchev–Trinajstić information content (AvgIpc) is 2.59. The molecule has 2 atom stereocenters. The summed E-state index contributed by atoms with van der Waals surface area (Å²) in [6, 6.07) is 0. The minimum atomic E-state index is -0.564. The van der Waals surface area contributed by atoms with Crippen molar-refractivity contribution in [1.82, 2.24) is 0 Å². The summed E-state index contributed by atoms with van der Waals surface area (Å²) < 4.78 is 9.91. The molecule has 0 fully saturated rings. The number of unbranched alkanes of at least 4 members (excludes halogenated alkanes) is 5. The van der Waals surface area contributed by atoms with Crippen LogP contribution in [0.4, 0.5) is 0 Å². The Kier molecular flexibility index (Phi) is 14.7. The molecular weight excluding hydrogens is 312 g/mol. The highest BCUT2D eigenvalue weighted by molar-refractivity contribution is 5.69. The molecule has 0 saturated carbocycles. The standard InChI is InChI=1S/C18H34O6/c1-3-15(19)13-23-17(21)11-9-7-5-6-8-10-12-18(22)24-14-16(20)4-2/h15-16,19-20H,3-14H2,1-2H3. The van der Waals surface area contributed by atoms with E-state index < -0.39 is 12.2 Å². The molecule has 6 nitrogen and oxygen atoms in total. The van der Waals surface area contributed by atoms with Gasteiger partial charge in [-0.25, -0.2) is 0 Å². The monoisotopic (exact) mass is 346 g/mol. The van der Waals surface area contributed by atoms with Crippen LogP contribution in [0.1, 0.15) is 78.1 Å². The number of carbonyl (C=O) groups excluding carboxylic acids is 2. The van der Waals surface area contributed by atoms with Gasteiger partial charge in [0.25, 0.3) is 0 Å². The molecule has 2 unspecified atom stereocenters. The van der Waals surface area contributed by atoms with Gasteiger partial charge in [0.2, 0.25) is 0 Å². The fourth-order valence-corrected chi connectivity index (χ4v) is 2.00. The van der Waals surface area contributed by atoms with Crippen molar-refractivity contribution in [2.75, 3.05) is 13.2 Å². The first-order valence-electron chi connectivity index (χ1n) is 9.16. The summed E-state index contributed by atoms with van der Waals surface area (Å²) >= 11 is 0. The zero-order valence-corrected chi connectivity index (χ0v) is 15.2. The van der Waals surface area contributed by atoms with Gasteiger partial charge in [0.15, 0.2) is 0 Å². The molecule has 6 heteroatoms. The van der Waals surface area contributed by atoms with Crippen molar-refractivity contribution in [2.45, 2.75) is 90.3 Å². The molecule has 0 amide bonds. The van der Waals surface area contributed by atoms with Gasteiger partial charge in [0.1, 0.15) is 13.2 Å². The van der Waals surface area contributed by atoms with E-state index in [2.05, 4.69) is 0 Å². The quantitative estimate of drug-likeness (QED) is 0.350. The Labute approximate surface area is 145 Å². The molecule has 0 saturated heterocycles. The van der Waals surface area contributed by atoms with Gasteiger partial charge >= 0.3 is 11.9 Å². The van der Waals surface area contributed by atoms with Crippen molar-refractivity contribution in [2.24, 2.45) is 0 Å². The summed E-state index contributed by atoms with van der Waals surface area (Å²) in [6.07, 6.45) is 6.36. The van der Waals surface area contributed by atoms with Crippen molar-refractivity contribution in [3.63, 3.8) is 0 Å². The van der Waals surface area contributed by atoms with E-state index in [9.17, 15) is 19.8 Å². The Morgan fingerprint density at radius 1 is 0.708 bits per heavy atom. The molecule has 0 heterocycles. The van der Waals surface area contributed by atoms with E-state index >= 15 is 0 Å². The summed E-state index contributed by atoms with van der Waals surface area (Å²) in [5.41, 5.74) is 0. The number of aliphatic hydroxyl groups excluding tert-OH is 2. The summed E-state index contributed by atoms with van der Waals surface area (Å²) in [5, 5.41) is 18.6. The molecule has 0 radical (unpaired) electrons. The maximum absolute atomic E-state index is 11.4. The van der Waals surface area contributed by atoms with Gasteiger partial charge in [-0.05, 0) is 25.7 Å². The number of carbonyl (C=O) groups is 2. The van der Waals surface area contributed by atoms with Gasteiger partial charge in [-0.2, -0.15) is 0 Å². The lowest BCUT2D eigenvalue weighted by atomic mass is 10.1. The van der Waals surface area contributed by atoms with Gasteiger partial charge in [-0.3, -0.25) is 9.59 Å². The molecule has 0 aromatic heterocycles. The molecular formula is C18H34O6. The largest absolute Gasteiger partial charge is 0.463 e. The molecule has 0 aliphatic heterocycles. The van der Waals surface area contributed by atoms with E-state index in [0.29, 0.717) is 25.7 Å². The Bertz CT molecular complexity index is 299. The molecule has 0 aromatic carbocycles. The van der Waals surface area contributed by atoms with Crippen LogP contribution in [0, 0.1) is 0 Å². The van der Waals surface area contributed by atoms with Crippen molar-refractivity contribution >= 4 is 11.9 Å². The summed E-state index contributed by atoms with van der Waals surface area (Å²) in [6.45, 7) is 3.85. The Balaban J connectivity index is 3.36. The van der Waals surface area contributed by atoms with Gasteiger partial charge in [-0.15, -0.1) is 0 Å². The van der Waals surface area contributed by atoms with Crippen molar-refractivity contribution in [3.8, 4) is 0 Å². The van der Waals surface area contributed by atoms with Crippen molar-refractivity contribution in [1.29, 1.82) is 0 Å². The zero-order chi connectivity index (χ0) is 18.2. The maximum atomic E-state index is 11.4. The van der Waals surface area contributed by atoms with Crippen LogP contribution in [0.3, 0.4) is 0 Å². The Hall–Kier alpha value is -1.14. The Morgan fingerprint density at radius 2 is 1.04 bits per heavy atom. The normalized spacial score (nSPS) is 13.3. The number of ether oxygens (including phenoxy) is 2. The van der Waals surface area contributed by atoms with Gasteiger partial charge < -0.3 is 19.7 Å². The molecule has 0 spiro atoms. The number of aliphatic hydroxyl groups is 2. The maximum Gasteiger partial charge on any atom is 0.305 e. The number of hydrogen-bond donors (Lipinski definition) is 2. The minimum absolute atomic E-state index is 0.0840. The molecule has 2 N–H and O–H groups in total. The summed E-state index contributed by atoms with van der Waals surface area (Å²) in [5.74, 6) is -0.501. The highest BCUT2D eigenvalue weighted by Gasteiger charge is 2.08. The zero-order valence-electron chi connectivity index (χ0n) is 15.2. The van der Waals surface area contributed by atoms with E-state index in [1.165, 1.54) is 0 Å². The van der Waals surface area contributed by atoms with Crippen molar-refractivity contribution in [3.05, 3.63) is 0 Å². The lowest BCUT2D eigenvalue weighted by Crippen LogP contribution is -2.17. The third-order valence-electron chi connectivity index (χ3n) is 3.83. The SMILES string of the molecule is CCC(O)COC(=O)CCCCCCCCC(=O)OCC(O)CC. The van der Waals surface area contributed by atoms with Crippen molar-refractivity contribution < 1.29 is 29.3 Å². The highest BCUT2D eigenvalue weighted by Crippen LogP contribution is 2.10. The summed E-state index contributed by atoms with van der Waals surface area (Å²) in [4.78, 5) is 22.8. The highest BCUT2D eigenvalue weighted by atomic mass is 16.5. The molecule has 0 aliphatic rings. The van der Waals surface area contributed by atoms with Gasteiger partial charge in [0.05, 0.1) is 12.2 Å². The molecule has 0 aromatic rings. The fourth-order valence-electron chi connectivity index (χ4n) is 2.00. The lowest BCUT2D eigenvalue weighted by molar-refractivity contribution is -0.147. The summed E-state index contributed by atoms with van der Waals surface area (Å²) in [7, 11) is 0. The molecule has 24 heavy (non-hydrogen) atoms. The first-order valence-corrected chi connectivity index (χ1v) is 9.16. The smallest absolute Gasteiger partial charge is 0.305 e. The second kappa shape index (κ2) is 15.4. The van der Waals surface area contributed by atoms with E-state index in [-0.39, 0.29) is 25.2 Å². The molecule has 0 rings (SSSR count). The van der Waals surface area contributed by atoms with E-state index in [1.54, 1.807) is 0 Å². The van der Waals surface area contributed by atoms with Gasteiger partial charge in [-0.1, -0.05) is 39.5 Å². The predicted octanol–water partition coefficient (Wildman–Crippen LogP) is 2.74. The fraction of sp³-hybridized carbons (Fsp3) is 0.889. The van der Waals surface area contributed by atoms with E-state index in [0.717, 1.165) is 38.5 Å². The van der Waals surface area contributed by atoms with Crippen LogP contribution < -0.4 is 0 Å². The molecule has 142 valence electrons. The first kappa shape index (κ1) is 22.9. The van der Waals surface area contributed by atoms with Crippen LogP contribution in [0.15, 0.2) is 0 Å². The van der Waals surface area contributed by atoms with Crippen LogP contribution >= 0.6 is 0 Å². The lowest BCUT2D eigenvalue weighted by Gasteiger charge is -2.09. The second-order valence-electron chi connectivity index (χ2n) is 6.11. The van der Waals surface area contributed by atoms with Gasteiger partial charge in [0, 0.05) is 12.8 Å². The van der Waals surface area contributed by atoms with Crippen LogP contribution in [-0.2, 0) is 19.1 Å². The predicted molar refractivity (Wildman–Crippen MR) is 91.4 cm³/mol. The number of rotatable bonds is 15. The first-order chi connectivity index (χ1) is 11.5. The van der Waals surface area contributed by atoms with E-state index in [1.807, 2.05) is 13.8 Å². The second-order valence-corrected chi connectivity index (χ2v) is 6.11. The van der Waals surface area contributed by atoms with Crippen LogP contribution in [0.2, 0.25) is 0 Å². The van der Waals surface area contributed by atoms with Crippen LogP contribution in [0.25, 0.3) is 0 Å².